The molecule has 0 aliphatic heterocycles. The summed E-state index contributed by atoms with van der Waals surface area (Å²) in [5, 5.41) is 7.74. The van der Waals surface area contributed by atoms with Crippen molar-refractivity contribution >= 4 is 22.6 Å². The Morgan fingerprint density at radius 2 is 1.80 bits per heavy atom. The van der Waals surface area contributed by atoms with E-state index in [-0.39, 0.29) is 18.9 Å². The SMILES string of the molecule is Cc1cc(NC(=O)CCn2c(=O)[nH]c(=O)c3ccccc32)n(Cc2ccccc2)n1. The Morgan fingerprint density at radius 3 is 2.60 bits per heavy atom. The number of para-hydroxylation sites is 1. The second-order valence-corrected chi connectivity index (χ2v) is 7.04. The van der Waals surface area contributed by atoms with Gasteiger partial charge in [0.25, 0.3) is 5.56 Å². The van der Waals surface area contributed by atoms with Crippen LogP contribution in [0.2, 0.25) is 0 Å². The number of aryl methyl sites for hydroxylation is 2. The van der Waals surface area contributed by atoms with Crippen LogP contribution in [0.5, 0.6) is 0 Å². The summed E-state index contributed by atoms with van der Waals surface area (Å²) >= 11 is 0. The van der Waals surface area contributed by atoms with Gasteiger partial charge in [0.1, 0.15) is 5.82 Å². The number of aromatic amines is 1. The van der Waals surface area contributed by atoms with Gasteiger partial charge >= 0.3 is 5.69 Å². The summed E-state index contributed by atoms with van der Waals surface area (Å²) in [6.45, 7) is 2.55. The summed E-state index contributed by atoms with van der Waals surface area (Å²) in [7, 11) is 0. The number of H-pyrrole nitrogens is 1. The van der Waals surface area contributed by atoms with E-state index in [1.807, 2.05) is 43.3 Å². The molecule has 2 N–H and O–H groups in total. The Labute approximate surface area is 171 Å². The summed E-state index contributed by atoms with van der Waals surface area (Å²) in [5.41, 5.74) is 1.41. The van der Waals surface area contributed by atoms with Crippen molar-refractivity contribution in [2.45, 2.75) is 26.4 Å². The number of benzene rings is 2. The molecule has 8 nitrogen and oxygen atoms in total. The van der Waals surface area contributed by atoms with Gasteiger partial charge in [-0.3, -0.25) is 19.1 Å². The van der Waals surface area contributed by atoms with E-state index in [4.69, 9.17) is 0 Å². The first kappa shape index (κ1) is 19.4. The van der Waals surface area contributed by atoms with Crippen LogP contribution >= 0.6 is 0 Å². The first-order valence-electron chi connectivity index (χ1n) is 9.61. The quantitative estimate of drug-likeness (QED) is 0.516. The molecule has 1 amide bonds. The average molecular weight is 403 g/mol. The molecule has 0 radical (unpaired) electrons. The standard InChI is InChI=1S/C22H21N5O3/c1-15-13-19(27(25-15)14-16-7-3-2-4-8-16)23-20(28)11-12-26-18-10-6-5-9-17(18)21(29)24-22(26)30/h2-10,13H,11-12,14H2,1H3,(H,23,28)(H,24,29,30). The van der Waals surface area contributed by atoms with Gasteiger partial charge in [-0.2, -0.15) is 5.10 Å². The molecule has 152 valence electrons. The molecule has 0 atom stereocenters. The second kappa shape index (κ2) is 8.20. The number of nitrogens with one attached hydrogen (secondary N) is 2. The predicted octanol–water partition coefficient (Wildman–Crippen LogP) is 2.27. The molecular formula is C22H21N5O3. The average Bonchev–Trinajstić information content (AvgIpc) is 3.07. The maximum atomic E-state index is 12.6. The van der Waals surface area contributed by atoms with E-state index in [1.54, 1.807) is 28.9 Å². The molecule has 0 spiro atoms. The molecule has 0 saturated carbocycles. The number of hydrogen-bond acceptors (Lipinski definition) is 4. The minimum absolute atomic E-state index is 0.0749. The molecule has 0 bridgehead atoms. The van der Waals surface area contributed by atoms with Gasteiger partial charge in [0, 0.05) is 19.0 Å². The molecule has 0 aliphatic rings. The van der Waals surface area contributed by atoms with Crippen molar-refractivity contribution in [1.29, 1.82) is 0 Å². The minimum atomic E-state index is -0.531. The van der Waals surface area contributed by atoms with E-state index < -0.39 is 11.2 Å². The zero-order valence-electron chi connectivity index (χ0n) is 16.5. The lowest BCUT2D eigenvalue weighted by molar-refractivity contribution is -0.116. The molecule has 2 aromatic carbocycles. The van der Waals surface area contributed by atoms with Gasteiger partial charge in [-0.05, 0) is 24.6 Å². The van der Waals surface area contributed by atoms with Crippen LogP contribution in [-0.2, 0) is 17.9 Å². The fraction of sp³-hybridized carbons (Fsp3) is 0.182. The van der Waals surface area contributed by atoms with Gasteiger partial charge < -0.3 is 5.32 Å². The van der Waals surface area contributed by atoms with Crippen LogP contribution in [0.15, 0.2) is 70.3 Å². The van der Waals surface area contributed by atoms with Crippen LogP contribution in [-0.4, -0.2) is 25.2 Å². The van der Waals surface area contributed by atoms with Crippen molar-refractivity contribution in [3.8, 4) is 0 Å². The van der Waals surface area contributed by atoms with Gasteiger partial charge in [-0.15, -0.1) is 0 Å². The summed E-state index contributed by atoms with van der Waals surface area (Å²) in [6, 6.07) is 18.5. The molecule has 8 heteroatoms. The van der Waals surface area contributed by atoms with Gasteiger partial charge in [0.15, 0.2) is 0 Å². The number of fused-ring (bicyclic) bond motifs is 1. The Balaban J connectivity index is 1.50. The van der Waals surface area contributed by atoms with Crippen LogP contribution in [0.25, 0.3) is 10.9 Å². The van der Waals surface area contributed by atoms with Crippen molar-refractivity contribution in [2.75, 3.05) is 5.32 Å². The highest BCUT2D eigenvalue weighted by molar-refractivity contribution is 5.90. The highest BCUT2D eigenvalue weighted by Gasteiger charge is 2.12. The van der Waals surface area contributed by atoms with E-state index in [9.17, 15) is 14.4 Å². The molecule has 2 aromatic heterocycles. The third-order valence-corrected chi connectivity index (χ3v) is 4.81. The zero-order chi connectivity index (χ0) is 21.1. The summed E-state index contributed by atoms with van der Waals surface area (Å²) < 4.78 is 3.15. The molecule has 30 heavy (non-hydrogen) atoms. The van der Waals surface area contributed by atoms with E-state index in [0.717, 1.165) is 11.3 Å². The molecule has 0 saturated heterocycles. The van der Waals surface area contributed by atoms with Crippen LogP contribution in [0.4, 0.5) is 5.82 Å². The molecule has 0 fully saturated rings. The van der Waals surface area contributed by atoms with Crippen LogP contribution in [0.3, 0.4) is 0 Å². The lowest BCUT2D eigenvalue weighted by Crippen LogP contribution is -2.31. The third kappa shape index (κ3) is 4.07. The first-order valence-corrected chi connectivity index (χ1v) is 9.61. The van der Waals surface area contributed by atoms with Gasteiger partial charge in [-0.25, -0.2) is 9.48 Å². The molecule has 0 unspecified atom stereocenters. The van der Waals surface area contributed by atoms with E-state index >= 15 is 0 Å². The lowest BCUT2D eigenvalue weighted by atomic mass is 10.2. The van der Waals surface area contributed by atoms with Gasteiger partial charge in [0.2, 0.25) is 5.91 Å². The highest BCUT2D eigenvalue weighted by atomic mass is 16.2. The number of anilines is 1. The topological polar surface area (TPSA) is 102 Å². The van der Waals surface area contributed by atoms with Crippen LogP contribution in [0, 0.1) is 6.92 Å². The van der Waals surface area contributed by atoms with Gasteiger partial charge in [0.05, 0.1) is 23.1 Å². The van der Waals surface area contributed by atoms with Crippen LogP contribution < -0.4 is 16.6 Å². The molecular weight excluding hydrogens is 382 g/mol. The number of carbonyl (C=O) groups is 1. The van der Waals surface area contributed by atoms with Crippen molar-refractivity contribution in [2.24, 2.45) is 0 Å². The number of hydrogen-bond donors (Lipinski definition) is 2. The van der Waals surface area contributed by atoms with Crippen LogP contribution in [0.1, 0.15) is 17.7 Å². The second-order valence-electron chi connectivity index (χ2n) is 7.04. The number of carbonyl (C=O) groups excluding carboxylic acids is 1. The Morgan fingerprint density at radius 1 is 1.07 bits per heavy atom. The molecule has 0 aliphatic carbocycles. The number of rotatable bonds is 6. The molecule has 4 aromatic rings. The summed E-state index contributed by atoms with van der Waals surface area (Å²) in [6.07, 6.45) is 0.0749. The predicted molar refractivity (Wildman–Crippen MR) is 115 cm³/mol. The fourth-order valence-corrected chi connectivity index (χ4v) is 3.41. The van der Waals surface area contributed by atoms with Crippen molar-refractivity contribution in [3.63, 3.8) is 0 Å². The fourth-order valence-electron chi connectivity index (χ4n) is 3.41. The number of aromatic nitrogens is 4. The summed E-state index contributed by atoms with van der Waals surface area (Å²) in [5.74, 6) is 0.353. The van der Waals surface area contributed by atoms with Gasteiger partial charge in [-0.1, -0.05) is 42.5 Å². The van der Waals surface area contributed by atoms with E-state index in [0.29, 0.717) is 23.3 Å². The molecule has 2 heterocycles. The first-order chi connectivity index (χ1) is 14.5. The van der Waals surface area contributed by atoms with Crippen molar-refractivity contribution in [3.05, 3.63) is 92.8 Å². The summed E-state index contributed by atoms with van der Waals surface area (Å²) in [4.78, 5) is 39.1. The van der Waals surface area contributed by atoms with E-state index in [1.165, 1.54) is 4.57 Å². The number of nitrogens with zero attached hydrogens (tertiary/aromatic N) is 3. The van der Waals surface area contributed by atoms with Crippen molar-refractivity contribution < 1.29 is 4.79 Å². The maximum absolute atomic E-state index is 12.6. The lowest BCUT2D eigenvalue weighted by Gasteiger charge is -2.11. The Bertz CT molecular complexity index is 1320. The van der Waals surface area contributed by atoms with Crippen molar-refractivity contribution in [1.82, 2.24) is 19.3 Å². The Kier molecular flexibility index (Phi) is 5.30. The zero-order valence-corrected chi connectivity index (χ0v) is 16.5. The molecule has 4 rings (SSSR count). The minimum Gasteiger partial charge on any atom is -0.311 e. The monoisotopic (exact) mass is 403 g/mol. The third-order valence-electron chi connectivity index (χ3n) is 4.81. The normalized spacial score (nSPS) is 11.0. The smallest absolute Gasteiger partial charge is 0.311 e. The maximum Gasteiger partial charge on any atom is 0.328 e. The number of amides is 1. The van der Waals surface area contributed by atoms with E-state index in [2.05, 4.69) is 15.4 Å². The highest BCUT2D eigenvalue weighted by Crippen LogP contribution is 2.14. The Hall–Kier alpha value is -3.94. The largest absolute Gasteiger partial charge is 0.328 e.